The summed E-state index contributed by atoms with van der Waals surface area (Å²) in [5, 5.41) is 2.82. The van der Waals surface area contributed by atoms with E-state index in [1.807, 2.05) is 55.5 Å². The van der Waals surface area contributed by atoms with Crippen LogP contribution in [0.5, 0.6) is 5.75 Å². The summed E-state index contributed by atoms with van der Waals surface area (Å²) in [6.45, 7) is 6.29. The minimum atomic E-state index is -0.586. The highest BCUT2D eigenvalue weighted by atomic mass is 16.5. The van der Waals surface area contributed by atoms with Crippen molar-refractivity contribution in [1.29, 1.82) is 0 Å². The molecule has 28 heavy (non-hydrogen) atoms. The fourth-order valence-corrected chi connectivity index (χ4v) is 2.69. The van der Waals surface area contributed by atoms with Crippen molar-refractivity contribution < 1.29 is 19.1 Å². The van der Waals surface area contributed by atoms with Crippen LogP contribution in [0.3, 0.4) is 0 Å². The van der Waals surface area contributed by atoms with Crippen LogP contribution in [-0.2, 0) is 14.3 Å². The van der Waals surface area contributed by atoms with Gasteiger partial charge in [0.15, 0.2) is 6.61 Å². The predicted molar refractivity (Wildman–Crippen MR) is 111 cm³/mol. The Morgan fingerprint density at radius 2 is 1.79 bits per heavy atom. The van der Waals surface area contributed by atoms with E-state index in [2.05, 4.69) is 19.2 Å². The summed E-state index contributed by atoms with van der Waals surface area (Å²) in [7, 11) is 0. The molecule has 0 aromatic heterocycles. The Balaban J connectivity index is 1.91. The number of carbonyl (C=O) groups excluding carboxylic acids is 2. The molecule has 2 aromatic carbocycles. The van der Waals surface area contributed by atoms with Gasteiger partial charge in [0.1, 0.15) is 5.75 Å². The van der Waals surface area contributed by atoms with Gasteiger partial charge in [0.25, 0.3) is 5.91 Å². The van der Waals surface area contributed by atoms with Gasteiger partial charge in [-0.15, -0.1) is 0 Å². The number of hydrogen-bond donors (Lipinski definition) is 1. The van der Waals surface area contributed by atoms with Gasteiger partial charge in [0.2, 0.25) is 0 Å². The lowest BCUT2D eigenvalue weighted by Crippen LogP contribution is -2.21. The number of amides is 1. The first kappa shape index (κ1) is 21.2. The average Bonchev–Trinajstić information content (AvgIpc) is 2.71. The smallest absolute Gasteiger partial charge is 0.331 e. The number of nitrogens with one attached hydrogen (secondary N) is 1. The standard InChI is InChI=1S/C23H27NO4/c1-4-17(3)19-11-7-8-12-20(19)24-22(25)16-28-23(26)15-14-18-10-6-9-13-21(18)27-5-2/h6-15,17H,4-5,16H2,1-3H3,(H,24,25)/b15-14+/t17-/m1/s1. The molecular weight excluding hydrogens is 354 g/mol. The zero-order valence-corrected chi connectivity index (χ0v) is 16.6. The van der Waals surface area contributed by atoms with Gasteiger partial charge in [-0.05, 0) is 43.0 Å². The van der Waals surface area contributed by atoms with Crippen LogP contribution < -0.4 is 10.1 Å². The molecule has 5 heteroatoms. The molecule has 0 aliphatic heterocycles. The van der Waals surface area contributed by atoms with Crippen molar-refractivity contribution in [2.75, 3.05) is 18.5 Å². The van der Waals surface area contributed by atoms with Crippen LogP contribution in [-0.4, -0.2) is 25.1 Å². The maximum Gasteiger partial charge on any atom is 0.331 e. The van der Waals surface area contributed by atoms with Gasteiger partial charge in [-0.3, -0.25) is 4.79 Å². The Bertz CT molecular complexity index is 829. The molecule has 0 aliphatic rings. The van der Waals surface area contributed by atoms with Crippen LogP contribution in [0.4, 0.5) is 5.69 Å². The largest absolute Gasteiger partial charge is 0.493 e. The molecule has 0 fully saturated rings. The fourth-order valence-electron chi connectivity index (χ4n) is 2.69. The first-order valence-electron chi connectivity index (χ1n) is 9.50. The van der Waals surface area contributed by atoms with E-state index in [1.54, 1.807) is 6.08 Å². The van der Waals surface area contributed by atoms with Crippen LogP contribution in [0, 0.1) is 0 Å². The minimum Gasteiger partial charge on any atom is -0.493 e. The van der Waals surface area contributed by atoms with Gasteiger partial charge in [0.05, 0.1) is 6.61 Å². The van der Waals surface area contributed by atoms with Crippen molar-refractivity contribution in [1.82, 2.24) is 0 Å². The fraction of sp³-hybridized carbons (Fsp3) is 0.304. The van der Waals surface area contributed by atoms with Crippen LogP contribution in [0.1, 0.15) is 44.2 Å². The molecule has 1 atom stereocenters. The number of ether oxygens (including phenoxy) is 2. The number of carbonyl (C=O) groups is 2. The Hall–Kier alpha value is -3.08. The highest BCUT2D eigenvalue weighted by Gasteiger charge is 2.12. The number of anilines is 1. The molecule has 0 heterocycles. The minimum absolute atomic E-state index is 0.326. The molecule has 0 saturated carbocycles. The Morgan fingerprint density at radius 1 is 1.07 bits per heavy atom. The number of rotatable bonds is 9. The summed E-state index contributed by atoms with van der Waals surface area (Å²) in [5.41, 5.74) is 2.59. The SMILES string of the molecule is CCOc1ccccc1/C=C/C(=O)OCC(=O)Nc1ccccc1[C@H](C)CC. The maximum absolute atomic E-state index is 12.2. The van der Waals surface area contributed by atoms with Crippen LogP contribution >= 0.6 is 0 Å². The molecule has 0 bridgehead atoms. The van der Waals surface area contributed by atoms with Gasteiger partial charge in [0, 0.05) is 17.3 Å². The van der Waals surface area contributed by atoms with Crippen LogP contribution in [0.25, 0.3) is 6.08 Å². The lowest BCUT2D eigenvalue weighted by atomic mass is 9.97. The van der Waals surface area contributed by atoms with Gasteiger partial charge in [-0.25, -0.2) is 4.79 Å². The second-order valence-electron chi connectivity index (χ2n) is 6.36. The molecule has 0 spiro atoms. The quantitative estimate of drug-likeness (QED) is 0.501. The third-order valence-corrected chi connectivity index (χ3v) is 4.34. The van der Waals surface area contributed by atoms with Gasteiger partial charge in [-0.2, -0.15) is 0 Å². The van der Waals surface area contributed by atoms with E-state index in [0.29, 0.717) is 18.3 Å². The molecule has 2 aromatic rings. The molecule has 0 unspecified atom stereocenters. The summed E-state index contributed by atoms with van der Waals surface area (Å²) >= 11 is 0. The Morgan fingerprint density at radius 3 is 2.54 bits per heavy atom. The van der Waals surface area contributed by atoms with Crippen LogP contribution in [0.15, 0.2) is 54.6 Å². The topological polar surface area (TPSA) is 64.6 Å². The van der Waals surface area contributed by atoms with Gasteiger partial charge in [-0.1, -0.05) is 50.2 Å². The summed E-state index contributed by atoms with van der Waals surface area (Å²) in [6, 6.07) is 15.1. The van der Waals surface area contributed by atoms with E-state index in [4.69, 9.17) is 9.47 Å². The number of benzene rings is 2. The number of para-hydroxylation sites is 2. The van der Waals surface area contributed by atoms with Gasteiger partial charge < -0.3 is 14.8 Å². The third kappa shape index (κ3) is 6.27. The van der Waals surface area contributed by atoms with E-state index in [0.717, 1.165) is 23.2 Å². The molecule has 0 saturated heterocycles. The number of esters is 1. The van der Waals surface area contributed by atoms with Gasteiger partial charge >= 0.3 is 5.97 Å². The van der Waals surface area contributed by atoms with Crippen molar-refractivity contribution in [2.24, 2.45) is 0 Å². The highest BCUT2D eigenvalue weighted by Crippen LogP contribution is 2.26. The van der Waals surface area contributed by atoms with E-state index >= 15 is 0 Å². The molecule has 5 nitrogen and oxygen atoms in total. The molecule has 1 N–H and O–H groups in total. The van der Waals surface area contributed by atoms with Crippen molar-refractivity contribution in [3.8, 4) is 5.75 Å². The molecule has 2 rings (SSSR count). The molecule has 148 valence electrons. The lowest BCUT2D eigenvalue weighted by Gasteiger charge is -2.15. The monoisotopic (exact) mass is 381 g/mol. The number of hydrogen-bond acceptors (Lipinski definition) is 4. The molecule has 0 radical (unpaired) electrons. The first-order chi connectivity index (χ1) is 13.5. The lowest BCUT2D eigenvalue weighted by molar-refractivity contribution is -0.142. The van der Waals surface area contributed by atoms with Crippen molar-refractivity contribution in [3.63, 3.8) is 0 Å². The first-order valence-corrected chi connectivity index (χ1v) is 9.50. The third-order valence-electron chi connectivity index (χ3n) is 4.34. The van der Waals surface area contributed by atoms with Crippen LogP contribution in [0.2, 0.25) is 0 Å². The summed E-state index contributed by atoms with van der Waals surface area (Å²) in [4.78, 5) is 24.1. The second kappa shape index (κ2) is 10.9. The molecule has 1 amide bonds. The zero-order valence-electron chi connectivity index (χ0n) is 16.6. The summed E-state index contributed by atoms with van der Waals surface area (Å²) < 4.78 is 10.6. The van der Waals surface area contributed by atoms with Crippen molar-refractivity contribution in [3.05, 3.63) is 65.7 Å². The zero-order chi connectivity index (χ0) is 20.4. The second-order valence-corrected chi connectivity index (χ2v) is 6.36. The van der Waals surface area contributed by atoms with Crippen molar-refractivity contribution >= 4 is 23.6 Å². The van der Waals surface area contributed by atoms with E-state index in [9.17, 15) is 9.59 Å². The average molecular weight is 381 g/mol. The molecule has 0 aliphatic carbocycles. The predicted octanol–water partition coefficient (Wildman–Crippen LogP) is 4.79. The maximum atomic E-state index is 12.2. The van der Waals surface area contributed by atoms with E-state index in [1.165, 1.54) is 6.08 Å². The van der Waals surface area contributed by atoms with Crippen molar-refractivity contribution in [2.45, 2.75) is 33.1 Å². The molecular formula is C23H27NO4. The Kier molecular flexibility index (Phi) is 8.28. The summed E-state index contributed by atoms with van der Waals surface area (Å²) in [5.74, 6) is 0.0599. The normalized spacial score (nSPS) is 11.8. The van der Waals surface area contributed by atoms with E-state index < -0.39 is 5.97 Å². The Labute approximate surface area is 166 Å². The highest BCUT2D eigenvalue weighted by molar-refractivity contribution is 5.95. The summed E-state index contributed by atoms with van der Waals surface area (Å²) in [6.07, 6.45) is 3.87. The van der Waals surface area contributed by atoms with E-state index in [-0.39, 0.29) is 12.5 Å².